The molecule has 9 heavy (non-hydrogen) atoms. The van der Waals surface area contributed by atoms with Gasteiger partial charge in [0, 0.05) is 25.5 Å². The van der Waals surface area contributed by atoms with Crippen molar-refractivity contribution in [1.29, 1.82) is 0 Å². The van der Waals surface area contributed by atoms with E-state index in [-0.39, 0.29) is 0 Å². The van der Waals surface area contributed by atoms with Crippen molar-refractivity contribution in [3.05, 3.63) is 11.8 Å². The van der Waals surface area contributed by atoms with Crippen LogP contribution in [-0.2, 0) is 0 Å². The molecule has 0 spiro atoms. The lowest BCUT2D eigenvalue weighted by Gasteiger charge is -1.96. The smallest absolute Gasteiger partial charge is 0.0330 e. The first-order chi connectivity index (χ1) is 4.20. The first-order valence-electron chi connectivity index (χ1n) is 3.00. The molecule has 1 N–H and O–H groups in total. The van der Waals surface area contributed by atoms with Crippen molar-refractivity contribution in [3.8, 4) is 0 Å². The van der Waals surface area contributed by atoms with Gasteiger partial charge in [0.2, 0.25) is 0 Å². The van der Waals surface area contributed by atoms with Gasteiger partial charge < -0.3 is 5.32 Å². The number of rotatable bonds is 2. The number of aliphatic imine (C=N–C) groups is 1. The minimum Gasteiger partial charge on any atom is -0.392 e. The standard InChI is InChI=1S/C7H14N2/c1-6(8-3)5-7(2)9-4/h5,8H,1-4H3/b6-5-,9-7+. The zero-order valence-electron chi connectivity index (χ0n) is 6.52. The van der Waals surface area contributed by atoms with Gasteiger partial charge in [0.25, 0.3) is 0 Å². The third kappa shape index (κ3) is 3.76. The molecular formula is C7H14N2. The third-order valence-electron chi connectivity index (χ3n) is 1.17. The van der Waals surface area contributed by atoms with Crippen molar-refractivity contribution in [1.82, 2.24) is 5.32 Å². The summed E-state index contributed by atoms with van der Waals surface area (Å²) in [6.45, 7) is 3.98. The van der Waals surface area contributed by atoms with Crippen molar-refractivity contribution >= 4 is 5.71 Å². The molecule has 0 aromatic heterocycles. The molecule has 2 nitrogen and oxygen atoms in total. The van der Waals surface area contributed by atoms with E-state index in [1.807, 2.05) is 27.0 Å². The van der Waals surface area contributed by atoms with Gasteiger partial charge in [0.1, 0.15) is 0 Å². The van der Waals surface area contributed by atoms with Crippen molar-refractivity contribution in [2.75, 3.05) is 14.1 Å². The van der Waals surface area contributed by atoms with Crippen molar-refractivity contribution in [3.63, 3.8) is 0 Å². The lowest BCUT2D eigenvalue weighted by atomic mass is 10.3. The second-order valence-electron chi connectivity index (χ2n) is 1.94. The minimum absolute atomic E-state index is 1.04. The van der Waals surface area contributed by atoms with Crippen LogP contribution in [0.3, 0.4) is 0 Å². The first-order valence-corrected chi connectivity index (χ1v) is 3.00. The maximum atomic E-state index is 3.98. The summed E-state index contributed by atoms with van der Waals surface area (Å²) in [7, 11) is 3.68. The van der Waals surface area contributed by atoms with Crippen LogP contribution in [0.4, 0.5) is 0 Å². The van der Waals surface area contributed by atoms with E-state index in [9.17, 15) is 0 Å². The summed E-state index contributed by atoms with van der Waals surface area (Å²) in [6, 6.07) is 0. The molecule has 0 bridgehead atoms. The van der Waals surface area contributed by atoms with Crippen LogP contribution in [-0.4, -0.2) is 19.8 Å². The Hall–Kier alpha value is -0.790. The lowest BCUT2D eigenvalue weighted by Crippen LogP contribution is -2.03. The summed E-state index contributed by atoms with van der Waals surface area (Å²) >= 11 is 0. The zero-order chi connectivity index (χ0) is 7.28. The predicted octanol–water partition coefficient (Wildman–Crippen LogP) is 1.20. The number of hydrogen-bond donors (Lipinski definition) is 1. The van der Waals surface area contributed by atoms with Gasteiger partial charge in [0.05, 0.1) is 0 Å². The summed E-state index contributed by atoms with van der Waals surface area (Å²) in [4.78, 5) is 3.98. The molecule has 0 aliphatic rings. The number of allylic oxidation sites excluding steroid dienone is 2. The average Bonchev–Trinajstić information content (AvgIpc) is 1.87. The second-order valence-corrected chi connectivity index (χ2v) is 1.94. The lowest BCUT2D eigenvalue weighted by molar-refractivity contribution is 0.992. The fourth-order valence-corrected chi connectivity index (χ4v) is 0.450. The van der Waals surface area contributed by atoms with Crippen molar-refractivity contribution < 1.29 is 0 Å². The maximum absolute atomic E-state index is 3.98. The largest absolute Gasteiger partial charge is 0.392 e. The molecule has 0 saturated carbocycles. The summed E-state index contributed by atoms with van der Waals surface area (Å²) in [6.07, 6.45) is 2.00. The van der Waals surface area contributed by atoms with Gasteiger partial charge in [-0.05, 0) is 19.9 Å². The fourth-order valence-electron chi connectivity index (χ4n) is 0.450. The first kappa shape index (κ1) is 8.21. The van der Waals surface area contributed by atoms with Crippen LogP contribution in [0.15, 0.2) is 16.8 Å². The molecule has 2 heteroatoms. The molecule has 0 atom stereocenters. The molecule has 0 aromatic carbocycles. The highest BCUT2D eigenvalue weighted by Crippen LogP contribution is 1.85. The van der Waals surface area contributed by atoms with Gasteiger partial charge in [-0.3, -0.25) is 4.99 Å². The van der Waals surface area contributed by atoms with Gasteiger partial charge in [0.15, 0.2) is 0 Å². The molecule has 0 aliphatic heterocycles. The summed E-state index contributed by atoms with van der Waals surface area (Å²) in [5.41, 5.74) is 2.18. The topological polar surface area (TPSA) is 24.4 Å². The van der Waals surface area contributed by atoms with Gasteiger partial charge in [-0.15, -0.1) is 0 Å². The van der Waals surface area contributed by atoms with Crippen LogP contribution in [0.2, 0.25) is 0 Å². The minimum atomic E-state index is 1.04. The Morgan fingerprint density at radius 1 is 1.44 bits per heavy atom. The maximum Gasteiger partial charge on any atom is 0.0330 e. The van der Waals surface area contributed by atoms with E-state index in [0.29, 0.717) is 0 Å². The van der Waals surface area contributed by atoms with Gasteiger partial charge in [-0.1, -0.05) is 0 Å². The molecular weight excluding hydrogens is 112 g/mol. The molecule has 0 amide bonds. The zero-order valence-corrected chi connectivity index (χ0v) is 6.52. The Labute approximate surface area is 56.7 Å². The molecule has 0 heterocycles. The van der Waals surface area contributed by atoms with E-state index in [1.54, 1.807) is 7.05 Å². The van der Waals surface area contributed by atoms with E-state index in [0.717, 1.165) is 11.4 Å². The Morgan fingerprint density at radius 3 is 2.33 bits per heavy atom. The van der Waals surface area contributed by atoms with Crippen LogP contribution >= 0.6 is 0 Å². The normalized spacial score (nSPS) is 13.8. The van der Waals surface area contributed by atoms with Crippen molar-refractivity contribution in [2.24, 2.45) is 4.99 Å². The second kappa shape index (κ2) is 4.13. The highest BCUT2D eigenvalue weighted by atomic mass is 14.8. The number of nitrogens with zero attached hydrogens (tertiary/aromatic N) is 1. The summed E-state index contributed by atoms with van der Waals surface area (Å²) < 4.78 is 0. The van der Waals surface area contributed by atoms with E-state index < -0.39 is 0 Å². The van der Waals surface area contributed by atoms with Crippen LogP contribution in [0, 0.1) is 0 Å². The molecule has 0 aromatic rings. The Morgan fingerprint density at radius 2 is 2.00 bits per heavy atom. The van der Waals surface area contributed by atoms with Crippen LogP contribution in [0.5, 0.6) is 0 Å². The van der Waals surface area contributed by atoms with Crippen molar-refractivity contribution in [2.45, 2.75) is 13.8 Å². The van der Waals surface area contributed by atoms with Gasteiger partial charge >= 0.3 is 0 Å². The highest BCUT2D eigenvalue weighted by Gasteiger charge is 1.82. The molecule has 0 rings (SSSR count). The molecule has 0 radical (unpaired) electrons. The predicted molar refractivity (Wildman–Crippen MR) is 41.8 cm³/mol. The quantitative estimate of drug-likeness (QED) is 0.552. The number of nitrogens with one attached hydrogen (secondary N) is 1. The fraction of sp³-hybridized carbons (Fsp3) is 0.571. The van der Waals surface area contributed by atoms with E-state index in [1.165, 1.54) is 0 Å². The van der Waals surface area contributed by atoms with Crippen LogP contribution < -0.4 is 5.32 Å². The summed E-state index contributed by atoms with van der Waals surface area (Å²) in [5, 5.41) is 3.01. The van der Waals surface area contributed by atoms with Gasteiger partial charge in [-0.2, -0.15) is 0 Å². The highest BCUT2D eigenvalue weighted by molar-refractivity contribution is 5.93. The van der Waals surface area contributed by atoms with E-state index in [2.05, 4.69) is 10.3 Å². The molecule has 52 valence electrons. The Balaban J connectivity index is 3.95. The Kier molecular flexibility index (Phi) is 3.76. The molecule has 0 saturated heterocycles. The van der Waals surface area contributed by atoms with E-state index >= 15 is 0 Å². The number of hydrogen-bond acceptors (Lipinski definition) is 2. The molecule has 0 aliphatic carbocycles. The summed E-state index contributed by atoms with van der Waals surface area (Å²) in [5.74, 6) is 0. The Bertz CT molecular complexity index is 134. The molecule has 0 unspecified atom stereocenters. The monoisotopic (exact) mass is 126 g/mol. The third-order valence-corrected chi connectivity index (χ3v) is 1.17. The average molecular weight is 126 g/mol. The van der Waals surface area contributed by atoms with Gasteiger partial charge in [-0.25, -0.2) is 0 Å². The molecule has 0 fully saturated rings. The SMILES string of the molecule is C/N=C(C)/C=C(/C)NC. The van der Waals surface area contributed by atoms with Crippen LogP contribution in [0.1, 0.15) is 13.8 Å². The van der Waals surface area contributed by atoms with Crippen LogP contribution in [0.25, 0.3) is 0 Å². The van der Waals surface area contributed by atoms with E-state index in [4.69, 9.17) is 0 Å².